The lowest BCUT2D eigenvalue weighted by molar-refractivity contribution is 0.383. The Morgan fingerprint density at radius 2 is 1.96 bits per heavy atom. The van der Waals surface area contributed by atoms with Crippen LogP contribution in [0.4, 0.5) is 0 Å². The average molecular weight is 490 g/mol. The molecule has 5 nitrogen and oxygen atoms in total. The molecule has 0 saturated carbocycles. The van der Waals surface area contributed by atoms with Gasteiger partial charge in [0.05, 0.1) is 6.20 Å². The molecule has 0 aromatic carbocycles. The lowest BCUT2D eigenvalue weighted by atomic mass is 9.91. The Morgan fingerprint density at radius 1 is 1.23 bits per heavy atom. The van der Waals surface area contributed by atoms with Crippen LogP contribution in [0.25, 0.3) is 0 Å². The highest BCUT2D eigenvalue weighted by Gasteiger charge is 2.22. The third kappa shape index (κ3) is 6.57. The normalized spacial score (nSPS) is 12.6. The van der Waals surface area contributed by atoms with E-state index in [1.54, 1.807) is 17.5 Å². The van der Waals surface area contributed by atoms with Crippen molar-refractivity contribution in [1.29, 1.82) is 0 Å². The Morgan fingerprint density at radius 3 is 2.50 bits per heavy atom. The fourth-order valence-electron chi connectivity index (χ4n) is 2.27. The van der Waals surface area contributed by atoms with Crippen LogP contribution in [0.3, 0.4) is 0 Å². The highest BCUT2D eigenvalue weighted by molar-refractivity contribution is 14.0. The molecular weight excluding hydrogens is 459 g/mol. The fraction of sp³-hybridized carbons (Fsp3) is 0.579. The SMILES string of the molecule is CCNC(=NCc1ncc(C(C)(C)C)o1)NCC(C)(C)c1cccs1.I. The summed E-state index contributed by atoms with van der Waals surface area (Å²) in [6.45, 7) is 14.9. The summed E-state index contributed by atoms with van der Waals surface area (Å²) in [5.74, 6) is 2.30. The quantitative estimate of drug-likeness (QED) is 0.351. The summed E-state index contributed by atoms with van der Waals surface area (Å²) in [5.41, 5.74) is 0.00907. The van der Waals surface area contributed by atoms with Crippen LogP contribution >= 0.6 is 35.3 Å². The molecule has 0 aliphatic heterocycles. The van der Waals surface area contributed by atoms with Crippen molar-refractivity contribution in [3.05, 3.63) is 40.2 Å². The minimum atomic E-state index is -0.0392. The lowest BCUT2D eigenvalue weighted by Gasteiger charge is -2.25. The second-order valence-electron chi connectivity index (χ2n) is 7.78. The molecule has 0 fully saturated rings. The summed E-state index contributed by atoms with van der Waals surface area (Å²) in [7, 11) is 0. The number of hydrogen-bond acceptors (Lipinski definition) is 4. The first-order chi connectivity index (χ1) is 11.7. The molecule has 0 bridgehead atoms. The molecule has 7 heteroatoms. The van der Waals surface area contributed by atoms with Gasteiger partial charge in [0.15, 0.2) is 5.96 Å². The number of aromatic nitrogens is 1. The van der Waals surface area contributed by atoms with Crippen LogP contribution in [0.2, 0.25) is 0 Å². The molecule has 0 radical (unpaired) electrons. The molecule has 146 valence electrons. The average Bonchev–Trinajstić information content (AvgIpc) is 3.20. The van der Waals surface area contributed by atoms with E-state index in [4.69, 9.17) is 4.42 Å². The molecule has 2 N–H and O–H groups in total. The van der Waals surface area contributed by atoms with Crippen molar-refractivity contribution in [2.24, 2.45) is 4.99 Å². The van der Waals surface area contributed by atoms with Gasteiger partial charge in [-0.05, 0) is 18.4 Å². The number of oxazole rings is 1. The third-order valence-electron chi connectivity index (χ3n) is 3.90. The van der Waals surface area contributed by atoms with Crippen molar-refractivity contribution >= 4 is 41.3 Å². The molecule has 0 aliphatic carbocycles. The molecule has 0 unspecified atom stereocenters. The first-order valence-electron chi connectivity index (χ1n) is 8.74. The van der Waals surface area contributed by atoms with E-state index < -0.39 is 0 Å². The van der Waals surface area contributed by atoms with Gasteiger partial charge >= 0.3 is 0 Å². The maximum Gasteiger partial charge on any atom is 0.216 e. The van der Waals surface area contributed by atoms with Crippen molar-refractivity contribution in [2.75, 3.05) is 13.1 Å². The van der Waals surface area contributed by atoms with Gasteiger partial charge in [0, 0.05) is 28.8 Å². The highest BCUT2D eigenvalue weighted by atomic mass is 127. The summed E-state index contributed by atoms with van der Waals surface area (Å²) < 4.78 is 5.81. The van der Waals surface area contributed by atoms with E-state index >= 15 is 0 Å². The second-order valence-corrected chi connectivity index (χ2v) is 8.73. The molecule has 2 heterocycles. The Bertz CT molecular complexity index is 687. The maximum absolute atomic E-state index is 5.81. The number of thiophene rings is 1. The van der Waals surface area contributed by atoms with Gasteiger partial charge in [-0.3, -0.25) is 0 Å². The molecule has 26 heavy (non-hydrogen) atoms. The first-order valence-corrected chi connectivity index (χ1v) is 9.61. The number of aliphatic imine (C=N–C) groups is 1. The summed E-state index contributed by atoms with van der Waals surface area (Å²) in [6, 6.07) is 4.27. The zero-order chi connectivity index (χ0) is 18.5. The molecule has 0 atom stereocenters. The minimum absolute atomic E-state index is 0. The lowest BCUT2D eigenvalue weighted by Crippen LogP contribution is -2.43. The van der Waals surface area contributed by atoms with Crippen molar-refractivity contribution in [1.82, 2.24) is 15.6 Å². The molecule has 2 rings (SSSR count). The topological polar surface area (TPSA) is 62.5 Å². The molecule has 0 spiro atoms. The fourth-order valence-corrected chi connectivity index (χ4v) is 3.13. The third-order valence-corrected chi connectivity index (χ3v) is 5.13. The second kappa shape index (κ2) is 9.73. The molecule has 2 aromatic rings. The zero-order valence-corrected chi connectivity index (χ0v) is 19.7. The summed E-state index contributed by atoms with van der Waals surface area (Å²) in [4.78, 5) is 10.3. The van der Waals surface area contributed by atoms with Crippen molar-refractivity contribution < 1.29 is 4.42 Å². The smallest absolute Gasteiger partial charge is 0.216 e. The van der Waals surface area contributed by atoms with Crippen LogP contribution < -0.4 is 10.6 Å². The molecular formula is C19H31IN4OS. The zero-order valence-electron chi connectivity index (χ0n) is 16.5. The van der Waals surface area contributed by atoms with E-state index in [9.17, 15) is 0 Å². The summed E-state index contributed by atoms with van der Waals surface area (Å²) >= 11 is 1.78. The minimum Gasteiger partial charge on any atom is -0.443 e. The predicted octanol–water partition coefficient (Wildman–Crippen LogP) is 4.68. The molecule has 0 aliphatic rings. The van der Waals surface area contributed by atoms with Gasteiger partial charge < -0.3 is 15.1 Å². The number of hydrogen-bond donors (Lipinski definition) is 2. The van der Waals surface area contributed by atoms with Gasteiger partial charge in [0.1, 0.15) is 12.3 Å². The van der Waals surface area contributed by atoms with Gasteiger partial charge in [-0.15, -0.1) is 35.3 Å². The van der Waals surface area contributed by atoms with E-state index in [0.717, 1.165) is 24.8 Å². The van der Waals surface area contributed by atoms with Crippen LogP contribution in [0.1, 0.15) is 58.1 Å². The van der Waals surface area contributed by atoms with Crippen LogP contribution in [0.15, 0.2) is 33.1 Å². The number of nitrogens with zero attached hydrogens (tertiary/aromatic N) is 2. The van der Waals surface area contributed by atoms with Gasteiger partial charge in [0.2, 0.25) is 5.89 Å². The Balaban J connectivity index is 0.00000338. The van der Waals surface area contributed by atoms with Gasteiger partial charge in [-0.25, -0.2) is 9.98 Å². The number of nitrogens with one attached hydrogen (secondary N) is 2. The van der Waals surface area contributed by atoms with E-state index in [1.807, 2.05) is 0 Å². The van der Waals surface area contributed by atoms with Crippen LogP contribution in [0.5, 0.6) is 0 Å². The Kier molecular flexibility index (Phi) is 8.59. The van der Waals surface area contributed by atoms with Crippen LogP contribution in [-0.4, -0.2) is 24.0 Å². The van der Waals surface area contributed by atoms with E-state index in [1.165, 1.54) is 4.88 Å². The monoisotopic (exact) mass is 490 g/mol. The molecule has 0 saturated heterocycles. The van der Waals surface area contributed by atoms with Crippen molar-refractivity contribution in [3.63, 3.8) is 0 Å². The first kappa shape index (κ1) is 23.0. The number of guanidine groups is 1. The van der Waals surface area contributed by atoms with Crippen molar-refractivity contribution in [3.8, 4) is 0 Å². The predicted molar refractivity (Wildman–Crippen MR) is 121 cm³/mol. The molecule has 0 amide bonds. The van der Waals surface area contributed by atoms with E-state index in [2.05, 4.69) is 79.7 Å². The summed E-state index contributed by atoms with van der Waals surface area (Å²) in [5, 5.41) is 8.83. The van der Waals surface area contributed by atoms with Gasteiger partial charge in [-0.2, -0.15) is 0 Å². The summed E-state index contributed by atoms with van der Waals surface area (Å²) in [6.07, 6.45) is 1.80. The largest absolute Gasteiger partial charge is 0.443 e. The molecule has 2 aromatic heterocycles. The Hall–Kier alpha value is -1.09. The van der Waals surface area contributed by atoms with Crippen LogP contribution in [0, 0.1) is 0 Å². The Labute approximate surface area is 178 Å². The van der Waals surface area contributed by atoms with E-state index in [0.29, 0.717) is 12.4 Å². The van der Waals surface area contributed by atoms with Crippen LogP contribution in [-0.2, 0) is 17.4 Å². The van der Waals surface area contributed by atoms with Gasteiger partial charge in [0.25, 0.3) is 0 Å². The van der Waals surface area contributed by atoms with Crippen molar-refractivity contribution in [2.45, 2.75) is 58.9 Å². The maximum atomic E-state index is 5.81. The van der Waals surface area contributed by atoms with E-state index in [-0.39, 0.29) is 34.8 Å². The number of rotatable bonds is 6. The number of halogens is 1. The standard InChI is InChI=1S/C19H30N4OS.HI/c1-7-20-17(23-13-19(5,6)15-9-8-10-25-15)22-12-16-21-11-14(24-16)18(2,3)4;/h8-11H,7,12-13H2,1-6H3,(H2,20,22,23);1H. The van der Waals surface area contributed by atoms with Gasteiger partial charge in [-0.1, -0.05) is 40.7 Å². The highest BCUT2D eigenvalue weighted by Crippen LogP contribution is 2.26.